The van der Waals surface area contributed by atoms with Gasteiger partial charge in [-0.05, 0) is 31.4 Å². The molecule has 1 unspecified atom stereocenters. The largest absolute Gasteiger partial charge is 0.467 e. The van der Waals surface area contributed by atoms with Gasteiger partial charge in [0.15, 0.2) is 5.76 Å². The van der Waals surface area contributed by atoms with E-state index in [1.54, 1.807) is 24.8 Å². The molecule has 0 fully saturated rings. The van der Waals surface area contributed by atoms with Gasteiger partial charge in [0.05, 0.1) is 13.0 Å². The van der Waals surface area contributed by atoms with E-state index in [2.05, 4.69) is 10.1 Å². The van der Waals surface area contributed by atoms with Crippen LogP contribution in [0.5, 0.6) is 0 Å². The molecule has 1 N–H and O–H groups in total. The monoisotopic (exact) mass is 319 g/mol. The summed E-state index contributed by atoms with van der Waals surface area (Å²) in [6, 6.07) is 0.908. The summed E-state index contributed by atoms with van der Waals surface area (Å²) in [7, 11) is 1.29. The van der Waals surface area contributed by atoms with Crippen molar-refractivity contribution in [3.63, 3.8) is 0 Å². The number of furan rings is 1. The Labute approximate surface area is 127 Å². The maximum atomic E-state index is 12.1. The van der Waals surface area contributed by atoms with E-state index in [4.69, 9.17) is 16.0 Å². The molecule has 7 heteroatoms. The molecule has 1 heterocycles. The summed E-state index contributed by atoms with van der Waals surface area (Å²) in [6.07, 6.45) is 2.43. The van der Waals surface area contributed by atoms with Crippen LogP contribution in [0.2, 0.25) is 0 Å². The van der Waals surface area contributed by atoms with Crippen molar-refractivity contribution in [1.82, 2.24) is 5.32 Å². The normalized spacial score (nSPS) is 12.0. The molecule has 1 aromatic heterocycles. The highest BCUT2D eigenvalue weighted by molar-refractivity contribution is 7.98. The van der Waals surface area contributed by atoms with Gasteiger partial charge in [0, 0.05) is 5.56 Å². The molecule has 0 saturated carbocycles. The molecular formula is C13H18ClNO4S. The molecule has 0 aliphatic heterocycles. The number of thioether (sulfide) groups is 1. The molecule has 0 bridgehead atoms. The third kappa shape index (κ3) is 4.45. The van der Waals surface area contributed by atoms with Crippen LogP contribution in [0.15, 0.2) is 10.5 Å². The van der Waals surface area contributed by atoms with Gasteiger partial charge in [0.1, 0.15) is 11.8 Å². The first kappa shape index (κ1) is 16.9. The van der Waals surface area contributed by atoms with E-state index in [9.17, 15) is 9.59 Å². The van der Waals surface area contributed by atoms with E-state index < -0.39 is 17.9 Å². The molecule has 5 nitrogen and oxygen atoms in total. The van der Waals surface area contributed by atoms with Crippen LogP contribution in [0.25, 0.3) is 0 Å². The molecule has 0 aliphatic rings. The molecule has 0 saturated heterocycles. The zero-order valence-electron chi connectivity index (χ0n) is 11.7. The van der Waals surface area contributed by atoms with Crippen LogP contribution in [-0.2, 0) is 15.4 Å². The minimum Gasteiger partial charge on any atom is -0.467 e. The van der Waals surface area contributed by atoms with Gasteiger partial charge < -0.3 is 14.5 Å². The Balaban J connectivity index is 2.76. The van der Waals surface area contributed by atoms with Crippen molar-refractivity contribution < 1.29 is 18.7 Å². The number of esters is 1. The van der Waals surface area contributed by atoms with E-state index in [0.29, 0.717) is 12.2 Å². The number of ether oxygens (including phenoxy) is 1. The Kier molecular flexibility index (Phi) is 6.95. The smallest absolute Gasteiger partial charge is 0.328 e. The summed E-state index contributed by atoms with van der Waals surface area (Å²) in [5.74, 6) is 0.856. The van der Waals surface area contributed by atoms with Gasteiger partial charge in [0.25, 0.3) is 5.91 Å². The van der Waals surface area contributed by atoms with Crippen molar-refractivity contribution in [2.24, 2.45) is 0 Å². The standard InChI is InChI=1S/C13H18ClNO4S/c1-8-9(7-14)6-11(19-8)12(16)15-10(4-5-20-3)13(17)18-2/h6,10H,4-5,7H2,1-3H3,(H,15,16). The number of amides is 1. The van der Waals surface area contributed by atoms with Crippen LogP contribution >= 0.6 is 23.4 Å². The summed E-state index contributed by atoms with van der Waals surface area (Å²) in [5.41, 5.74) is 0.760. The molecule has 112 valence electrons. The number of halogens is 1. The summed E-state index contributed by atoms with van der Waals surface area (Å²) in [4.78, 5) is 23.7. The fraction of sp³-hybridized carbons (Fsp3) is 0.538. The number of carbonyl (C=O) groups is 2. The number of aryl methyl sites for hydroxylation is 1. The zero-order valence-corrected chi connectivity index (χ0v) is 13.3. The van der Waals surface area contributed by atoms with Crippen molar-refractivity contribution in [2.75, 3.05) is 19.1 Å². The van der Waals surface area contributed by atoms with Crippen molar-refractivity contribution in [3.05, 3.63) is 23.2 Å². The van der Waals surface area contributed by atoms with Crippen molar-refractivity contribution >= 4 is 35.2 Å². The van der Waals surface area contributed by atoms with E-state index in [-0.39, 0.29) is 11.6 Å². The Morgan fingerprint density at radius 2 is 2.25 bits per heavy atom. The second-order valence-electron chi connectivity index (χ2n) is 4.16. The van der Waals surface area contributed by atoms with Gasteiger partial charge in [-0.25, -0.2) is 4.79 Å². The minimum atomic E-state index is -0.676. The van der Waals surface area contributed by atoms with Crippen LogP contribution in [0.4, 0.5) is 0 Å². The highest BCUT2D eigenvalue weighted by atomic mass is 35.5. The first-order chi connectivity index (χ1) is 9.53. The summed E-state index contributed by atoms with van der Waals surface area (Å²) < 4.78 is 10.0. The average Bonchev–Trinajstić information content (AvgIpc) is 2.83. The summed E-state index contributed by atoms with van der Waals surface area (Å²) in [5, 5.41) is 2.62. The molecular weight excluding hydrogens is 302 g/mol. The minimum absolute atomic E-state index is 0.149. The number of carbonyl (C=O) groups excluding carboxylic acids is 2. The summed E-state index contributed by atoms with van der Waals surface area (Å²) >= 11 is 7.32. The number of methoxy groups -OCH3 is 1. The molecule has 1 amide bonds. The van der Waals surface area contributed by atoms with Crippen LogP contribution in [0.1, 0.15) is 28.3 Å². The Morgan fingerprint density at radius 1 is 1.55 bits per heavy atom. The van der Waals surface area contributed by atoms with Gasteiger partial charge in [-0.15, -0.1) is 11.6 Å². The number of alkyl halides is 1. The maximum Gasteiger partial charge on any atom is 0.328 e. The quantitative estimate of drug-likeness (QED) is 0.617. The van der Waals surface area contributed by atoms with Gasteiger partial charge >= 0.3 is 5.97 Å². The van der Waals surface area contributed by atoms with E-state index in [0.717, 1.165) is 11.3 Å². The van der Waals surface area contributed by atoms with Crippen molar-refractivity contribution in [3.8, 4) is 0 Å². The van der Waals surface area contributed by atoms with Crippen LogP contribution in [-0.4, -0.2) is 37.0 Å². The molecule has 0 aliphatic carbocycles. The molecule has 0 aromatic carbocycles. The highest BCUT2D eigenvalue weighted by Gasteiger charge is 2.23. The summed E-state index contributed by atoms with van der Waals surface area (Å²) in [6.45, 7) is 1.74. The lowest BCUT2D eigenvalue weighted by atomic mass is 10.2. The van der Waals surface area contributed by atoms with Gasteiger partial charge in [-0.2, -0.15) is 11.8 Å². The van der Waals surface area contributed by atoms with Gasteiger partial charge in [0.2, 0.25) is 0 Å². The lowest BCUT2D eigenvalue weighted by Gasteiger charge is -2.15. The van der Waals surface area contributed by atoms with Crippen LogP contribution < -0.4 is 5.32 Å². The molecule has 1 aromatic rings. The van der Waals surface area contributed by atoms with Crippen molar-refractivity contribution in [1.29, 1.82) is 0 Å². The predicted octanol–water partition coefficient (Wildman–Crippen LogP) is 2.35. The predicted molar refractivity (Wildman–Crippen MR) is 79.3 cm³/mol. The first-order valence-electron chi connectivity index (χ1n) is 6.06. The topological polar surface area (TPSA) is 68.5 Å². The van der Waals surface area contributed by atoms with Crippen LogP contribution in [0, 0.1) is 6.92 Å². The van der Waals surface area contributed by atoms with Gasteiger partial charge in [-0.1, -0.05) is 0 Å². The van der Waals surface area contributed by atoms with Crippen LogP contribution in [0.3, 0.4) is 0 Å². The lowest BCUT2D eigenvalue weighted by molar-refractivity contribution is -0.142. The lowest BCUT2D eigenvalue weighted by Crippen LogP contribution is -2.41. The molecule has 20 heavy (non-hydrogen) atoms. The van der Waals surface area contributed by atoms with E-state index in [1.165, 1.54) is 7.11 Å². The zero-order chi connectivity index (χ0) is 15.1. The van der Waals surface area contributed by atoms with Crippen molar-refractivity contribution in [2.45, 2.75) is 25.3 Å². The Hall–Kier alpha value is -1.14. The van der Waals surface area contributed by atoms with E-state index in [1.807, 2.05) is 6.26 Å². The fourth-order valence-corrected chi connectivity index (χ4v) is 2.36. The van der Waals surface area contributed by atoms with Gasteiger partial charge in [-0.3, -0.25) is 4.79 Å². The highest BCUT2D eigenvalue weighted by Crippen LogP contribution is 2.17. The second-order valence-corrected chi connectivity index (χ2v) is 5.41. The fourth-order valence-electron chi connectivity index (χ4n) is 1.62. The number of hydrogen-bond acceptors (Lipinski definition) is 5. The Morgan fingerprint density at radius 3 is 2.75 bits per heavy atom. The average molecular weight is 320 g/mol. The Bertz CT molecular complexity index is 475. The third-order valence-corrected chi connectivity index (χ3v) is 3.72. The molecule has 1 atom stereocenters. The van der Waals surface area contributed by atoms with E-state index >= 15 is 0 Å². The molecule has 0 spiro atoms. The SMILES string of the molecule is COC(=O)C(CCSC)NC(=O)c1cc(CCl)c(C)o1. The number of rotatable bonds is 7. The maximum absolute atomic E-state index is 12.1. The third-order valence-electron chi connectivity index (χ3n) is 2.79. The molecule has 1 rings (SSSR count). The molecule has 0 radical (unpaired) electrons. The number of nitrogens with one attached hydrogen (secondary N) is 1. The first-order valence-corrected chi connectivity index (χ1v) is 7.99. The second kappa shape index (κ2) is 8.21. The number of hydrogen-bond donors (Lipinski definition) is 1.